The molecule has 8 heteroatoms. The lowest BCUT2D eigenvalue weighted by molar-refractivity contribution is -0.171. The third-order valence-electron chi connectivity index (χ3n) is 3.59. The van der Waals surface area contributed by atoms with Gasteiger partial charge >= 0.3 is 11.9 Å². The van der Waals surface area contributed by atoms with E-state index in [-0.39, 0.29) is 25.9 Å². The van der Waals surface area contributed by atoms with Crippen LogP contribution in [0.1, 0.15) is 19.3 Å². The first-order valence-corrected chi connectivity index (χ1v) is 6.03. The van der Waals surface area contributed by atoms with Crippen molar-refractivity contribution in [3.63, 3.8) is 0 Å². The largest absolute Gasteiger partial charge is 0.480 e. The Balaban J connectivity index is 2.14. The third kappa shape index (κ3) is 2.71. The van der Waals surface area contributed by atoms with Gasteiger partial charge in [-0.3, -0.25) is 4.79 Å². The summed E-state index contributed by atoms with van der Waals surface area (Å²) in [7, 11) is 0. The topological polar surface area (TPSA) is 139 Å². The minimum Gasteiger partial charge on any atom is -0.480 e. The van der Waals surface area contributed by atoms with Crippen LogP contribution in [-0.2, 0) is 19.1 Å². The Morgan fingerprint density at radius 2 is 2.05 bits per heavy atom. The molecule has 2 fully saturated rings. The summed E-state index contributed by atoms with van der Waals surface area (Å²) in [6.45, 7) is 0.130. The quantitative estimate of drug-likeness (QED) is 0.488. The molecule has 0 bridgehead atoms. The molecule has 19 heavy (non-hydrogen) atoms. The van der Waals surface area contributed by atoms with Crippen LogP contribution in [0.3, 0.4) is 0 Å². The maximum absolute atomic E-state index is 11.4. The van der Waals surface area contributed by atoms with E-state index in [9.17, 15) is 19.8 Å². The second-order valence-corrected chi connectivity index (χ2v) is 5.07. The van der Waals surface area contributed by atoms with Gasteiger partial charge in [-0.15, -0.1) is 0 Å². The molecule has 5 atom stereocenters. The van der Waals surface area contributed by atoms with E-state index in [4.69, 9.17) is 20.3 Å². The Bertz CT molecular complexity index is 387. The maximum atomic E-state index is 11.4. The molecular weight excluding hydrogens is 258 g/mol. The Morgan fingerprint density at radius 1 is 1.37 bits per heavy atom. The highest BCUT2D eigenvalue weighted by Gasteiger charge is 2.55. The Hall–Kier alpha value is -1.22. The van der Waals surface area contributed by atoms with Crippen LogP contribution in [0.25, 0.3) is 0 Å². The van der Waals surface area contributed by atoms with Crippen LogP contribution in [0, 0.1) is 0 Å². The van der Waals surface area contributed by atoms with Gasteiger partial charge in [0.25, 0.3) is 0 Å². The number of rotatable bonds is 4. The fourth-order valence-corrected chi connectivity index (χ4v) is 2.61. The normalized spacial score (nSPS) is 39.6. The maximum Gasteiger partial charge on any atom is 0.336 e. The minimum atomic E-state index is -1.66. The molecule has 0 unspecified atom stereocenters. The third-order valence-corrected chi connectivity index (χ3v) is 3.59. The minimum absolute atomic E-state index is 0.0424. The van der Waals surface area contributed by atoms with Gasteiger partial charge in [-0.2, -0.15) is 0 Å². The molecule has 2 rings (SSSR count). The van der Waals surface area contributed by atoms with Crippen molar-refractivity contribution < 1.29 is 34.4 Å². The number of nitrogens with two attached hydrogens (primary N) is 1. The van der Waals surface area contributed by atoms with Crippen molar-refractivity contribution in [2.45, 2.75) is 49.2 Å². The van der Waals surface area contributed by atoms with Crippen LogP contribution in [-0.4, -0.2) is 63.8 Å². The average Bonchev–Trinajstić information content (AvgIpc) is 2.67. The van der Waals surface area contributed by atoms with E-state index < -0.39 is 41.9 Å². The number of hydrogen-bond acceptors (Lipinski definition) is 6. The standard InChI is InChI=1S/C11H17NO7/c12-6(9(14)15)2-11(10(16)17)3-8-7(19-11)1-5(13)4-18-8/h5-8,13H,1-4,12H2,(H,14,15)(H,16,17)/t5-,6-,7+,8+,11+/m0/s1. The Morgan fingerprint density at radius 3 is 2.63 bits per heavy atom. The lowest BCUT2D eigenvalue weighted by atomic mass is 9.90. The van der Waals surface area contributed by atoms with Gasteiger partial charge < -0.3 is 30.5 Å². The van der Waals surface area contributed by atoms with Crippen LogP contribution >= 0.6 is 0 Å². The first-order valence-electron chi connectivity index (χ1n) is 6.03. The van der Waals surface area contributed by atoms with Crippen molar-refractivity contribution in [1.29, 1.82) is 0 Å². The zero-order chi connectivity index (χ0) is 14.2. The average molecular weight is 275 g/mol. The van der Waals surface area contributed by atoms with Gasteiger partial charge in [0.2, 0.25) is 0 Å². The molecule has 0 spiro atoms. The fraction of sp³-hybridized carbons (Fsp3) is 0.818. The molecular formula is C11H17NO7. The summed E-state index contributed by atoms with van der Waals surface area (Å²) in [5.74, 6) is -2.53. The molecule has 108 valence electrons. The van der Waals surface area contributed by atoms with Crippen LogP contribution in [0.4, 0.5) is 0 Å². The molecule has 2 aliphatic rings. The van der Waals surface area contributed by atoms with Gasteiger partial charge in [0.1, 0.15) is 6.04 Å². The fourth-order valence-electron chi connectivity index (χ4n) is 2.61. The number of aliphatic hydroxyl groups excluding tert-OH is 1. The summed E-state index contributed by atoms with van der Waals surface area (Å²) in [5, 5.41) is 27.6. The molecule has 2 saturated heterocycles. The monoisotopic (exact) mass is 275 g/mol. The van der Waals surface area contributed by atoms with Crippen LogP contribution in [0.5, 0.6) is 0 Å². The highest BCUT2D eigenvalue weighted by Crippen LogP contribution is 2.39. The Labute approximate surface area is 109 Å². The zero-order valence-electron chi connectivity index (χ0n) is 10.2. The van der Waals surface area contributed by atoms with Crippen LogP contribution < -0.4 is 5.73 Å². The Kier molecular flexibility index (Phi) is 3.77. The number of carbonyl (C=O) groups is 2. The van der Waals surface area contributed by atoms with E-state index >= 15 is 0 Å². The molecule has 8 nitrogen and oxygen atoms in total. The summed E-state index contributed by atoms with van der Waals surface area (Å²) < 4.78 is 10.8. The lowest BCUT2D eigenvalue weighted by Gasteiger charge is -2.28. The van der Waals surface area contributed by atoms with Gasteiger partial charge in [0, 0.05) is 19.3 Å². The number of carboxylic acid groups (broad SMARTS) is 2. The second-order valence-electron chi connectivity index (χ2n) is 5.07. The predicted molar refractivity (Wildman–Crippen MR) is 60.4 cm³/mol. The van der Waals surface area contributed by atoms with E-state index in [0.29, 0.717) is 0 Å². The number of aliphatic hydroxyl groups is 1. The SMILES string of the molecule is N[C@@H](C[C@]1(C(=O)O)C[C@H]2OC[C@@H](O)C[C@H]2O1)C(=O)O. The van der Waals surface area contributed by atoms with Crippen molar-refractivity contribution in [3.05, 3.63) is 0 Å². The van der Waals surface area contributed by atoms with Crippen molar-refractivity contribution in [2.24, 2.45) is 5.73 Å². The van der Waals surface area contributed by atoms with Crippen LogP contribution in [0.15, 0.2) is 0 Å². The molecule has 0 amide bonds. The molecule has 0 radical (unpaired) electrons. The summed E-state index contributed by atoms with van der Waals surface area (Å²) in [6.07, 6.45) is -1.69. The van der Waals surface area contributed by atoms with E-state index in [1.54, 1.807) is 0 Å². The number of aliphatic carboxylic acids is 2. The smallest absolute Gasteiger partial charge is 0.336 e. The van der Waals surface area contributed by atoms with Crippen molar-refractivity contribution >= 4 is 11.9 Å². The molecule has 2 heterocycles. The van der Waals surface area contributed by atoms with E-state index in [0.717, 1.165) is 0 Å². The number of carboxylic acids is 2. The first kappa shape index (κ1) is 14.2. The van der Waals surface area contributed by atoms with E-state index in [2.05, 4.69) is 0 Å². The highest BCUT2D eigenvalue weighted by molar-refractivity contribution is 5.80. The lowest BCUT2D eigenvalue weighted by Crippen LogP contribution is -2.46. The van der Waals surface area contributed by atoms with Gasteiger partial charge in [0.05, 0.1) is 24.9 Å². The summed E-state index contributed by atoms with van der Waals surface area (Å²) in [5.41, 5.74) is 3.75. The van der Waals surface area contributed by atoms with Gasteiger partial charge in [0.15, 0.2) is 5.60 Å². The number of hydrogen-bond donors (Lipinski definition) is 4. The number of ether oxygens (including phenoxy) is 2. The van der Waals surface area contributed by atoms with Crippen molar-refractivity contribution in [2.75, 3.05) is 6.61 Å². The van der Waals surface area contributed by atoms with Gasteiger partial charge in [-0.1, -0.05) is 0 Å². The molecule has 0 aromatic heterocycles. The second kappa shape index (κ2) is 5.04. The summed E-state index contributed by atoms with van der Waals surface area (Å²) in [6, 6.07) is -1.32. The zero-order valence-corrected chi connectivity index (χ0v) is 10.2. The summed E-state index contributed by atoms with van der Waals surface area (Å²) >= 11 is 0. The molecule has 0 aromatic rings. The van der Waals surface area contributed by atoms with Crippen LogP contribution in [0.2, 0.25) is 0 Å². The van der Waals surface area contributed by atoms with Crippen molar-refractivity contribution in [3.8, 4) is 0 Å². The molecule has 0 aliphatic carbocycles. The first-order chi connectivity index (χ1) is 8.84. The molecule has 0 saturated carbocycles. The van der Waals surface area contributed by atoms with Gasteiger partial charge in [-0.05, 0) is 0 Å². The van der Waals surface area contributed by atoms with E-state index in [1.165, 1.54) is 0 Å². The molecule has 5 N–H and O–H groups in total. The molecule has 2 aliphatic heterocycles. The molecule has 0 aromatic carbocycles. The van der Waals surface area contributed by atoms with Crippen molar-refractivity contribution in [1.82, 2.24) is 0 Å². The number of fused-ring (bicyclic) bond motifs is 1. The van der Waals surface area contributed by atoms with Gasteiger partial charge in [-0.25, -0.2) is 4.79 Å². The summed E-state index contributed by atoms with van der Waals surface area (Å²) in [4.78, 5) is 22.2. The predicted octanol–water partition coefficient (Wildman–Crippen LogP) is -1.45. The highest BCUT2D eigenvalue weighted by atomic mass is 16.6. The van der Waals surface area contributed by atoms with E-state index in [1.807, 2.05) is 0 Å².